The van der Waals surface area contributed by atoms with E-state index in [4.69, 9.17) is 0 Å². The summed E-state index contributed by atoms with van der Waals surface area (Å²) in [4.78, 5) is 2.17. The summed E-state index contributed by atoms with van der Waals surface area (Å²) in [5.41, 5.74) is 0. The number of tetrazole rings is 1. The van der Waals surface area contributed by atoms with Crippen molar-refractivity contribution < 1.29 is 8.42 Å². The first-order chi connectivity index (χ1) is 11.0. The summed E-state index contributed by atoms with van der Waals surface area (Å²) in [6.07, 6.45) is 5.79. The Labute approximate surface area is 137 Å². The largest absolute Gasteiger partial charge is 0.292 e. The summed E-state index contributed by atoms with van der Waals surface area (Å²) in [5, 5.41) is 11.3. The molecule has 0 radical (unpaired) electrons. The number of hydrogen-bond donors (Lipinski definition) is 1. The molecule has 0 bridgehead atoms. The molecule has 0 aromatic carbocycles. The number of hydrogen-bond acceptors (Lipinski definition) is 6. The monoisotopic (exact) mass is 342 g/mol. The maximum atomic E-state index is 12.7. The van der Waals surface area contributed by atoms with E-state index < -0.39 is 10.0 Å². The fraction of sp³-hybridized carbons (Fsp3) is 0.929. The van der Waals surface area contributed by atoms with Crippen LogP contribution in [0.15, 0.2) is 0 Å². The van der Waals surface area contributed by atoms with Crippen molar-refractivity contribution >= 4 is 10.0 Å². The van der Waals surface area contributed by atoms with E-state index in [2.05, 4.69) is 25.1 Å². The van der Waals surface area contributed by atoms with E-state index in [1.54, 1.807) is 4.68 Å². The van der Waals surface area contributed by atoms with Gasteiger partial charge in [0.25, 0.3) is 0 Å². The van der Waals surface area contributed by atoms with Gasteiger partial charge in [0.05, 0.1) is 11.3 Å². The Morgan fingerprint density at radius 3 is 2.61 bits per heavy atom. The number of likely N-dealkylation sites (tertiary alicyclic amines) is 1. The zero-order chi connectivity index (χ0) is 16.4. The third-order valence-corrected chi connectivity index (χ3v) is 7.03. The molecule has 0 spiro atoms. The molecule has 3 rings (SSSR count). The minimum absolute atomic E-state index is 0.0134. The van der Waals surface area contributed by atoms with Gasteiger partial charge in [0, 0.05) is 19.6 Å². The smallest absolute Gasteiger partial charge is 0.215 e. The number of rotatable bonds is 5. The highest BCUT2D eigenvalue weighted by Crippen LogP contribution is 2.26. The number of nitrogens with zero attached hydrogens (tertiary/aromatic N) is 5. The molecule has 2 heterocycles. The van der Waals surface area contributed by atoms with E-state index in [0.717, 1.165) is 50.9 Å². The van der Waals surface area contributed by atoms with Crippen molar-refractivity contribution in [2.24, 2.45) is 7.05 Å². The van der Waals surface area contributed by atoms with Gasteiger partial charge in [0.2, 0.25) is 10.0 Å². The summed E-state index contributed by atoms with van der Waals surface area (Å²) in [6, 6.07) is 0.148. The molecular formula is C14H26N6O2S. The predicted molar refractivity (Wildman–Crippen MR) is 86.1 cm³/mol. The number of aryl methyl sites for hydroxylation is 1. The zero-order valence-corrected chi connectivity index (χ0v) is 14.7. The molecule has 1 aliphatic heterocycles. The Morgan fingerprint density at radius 1 is 1.22 bits per heavy atom. The standard InChI is InChI=1S/C14H26N6O2S/c1-11(14-15-17-18-19(14)2)20-9-5-8-13(10-20)23(21,22)16-12-6-3-4-7-12/h11-13,16H,3-10H2,1-2H3/t11-,13-/m1/s1. The van der Waals surface area contributed by atoms with Crippen molar-refractivity contribution in [2.45, 2.75) is 62.8 Å². The van der Waals surface area contributed by atoms with E-state index in [1.807, 2.05) is 14.0 Å². The van der Waals surface area contributed by atoms with Crippen LogP contribution in [0.5, 0.6) is 0 Å². The van der Waals surface area contributed by atoms with E-state index in [-0.39, 0.29) is 17.3 Å². The lowest BCUT2D eigenvalue weighted by Gasteiger charge is -2.36. The van der Waals surface area contributed by atoms with Crippen molar-refractivity contribution in [3.05, 3.63) is 5.82 Å². The predicted octanol–water partition coefficient (Wildman–Crippen LogP) is 0.598. The van der Waals surface area contributed by atoms with Crippen LogP contribution in [0.25, 0.3) is 0 Å². The fourth-order valence-electron chi connectivity index (χ4n) is 3.70. The van der Waals surface area contributed by atoms with Crippen LogP contribution < -0.4 is 4.72 Å². The molecule has 2 fully saturated rings. The molecule has 130 valence electrons. The summed E-state index contributed by atoms with van der Waals surface area (Å²) >= 11 is 0. The first-order valence-electron chi connectivity index (χ1n) is 8.45. The highest BCUT2D eigenvalue weighted by Gasteiger charge is 2.35. The molecule has 1 saturated carbocycles. The van der Waals surface area contributed by atoms with Gasteiger partial charge < -0.3 is 0 Å². The summed E-state index contributed by atoms with van der Waals surface area (Å²) in [7, 11) is -1.45. The third-order valence-electron chi connectivity index (χ3n) is 5.11. The summed E-state index contributed by atoms with van der Waals surface area (Å²) in [6.45, 7) is 3.45. The van der Waals surface area contributed by atoms with Gasteiger partial charge in [0.15, 0.2) is 5.82 Å². The summed E-state index contributed by atoms with van der Waals surface area (Å²) < 4.78 is 29.9. The van der Waals surface area contributed by atoms with Crippen LogP contribution in [0.1, 0.15) is 57.3 Å². The molecule has 0 unspecified atom stereocenters. The Kier molecular flexibility index (Phi) is 4.98. The van der Waals surface area contributed by atoms with Gasteiger partial charge in [-0.1, -0.05) is 12.8 Å². The SMILES string of the molecule is C[C@H](c1nnnn1C)N1CCC[C@@H](S(=O)(=O)NC2CCCC2)C1. The van der Waals surface area contributed by atoms with Crippen LogP contribution in [0.4, 0.5) is 0 Å². The first kappa shape index (κ1) is 16.8. The lowest BCUT2D eigenvalue weighted by atomic mass is 10.1. The molecule has 1 aromatic heterocycles. The van der Waals surface area contributed by atoms with Gasteiger partial charge in [-0.05, 0) is 49.6 Å². The van der Waals surface area contributed by atoms with Crippen molar-refractivity contribution in [2.75, 3.05) is 13.1 Å². The van der Waals surface area contributed by atoms with Gasteiger partial charge in [-0.15, -0.1) is 5.10 Å². The molecule has 9 heteroatoms. The topological polar surface area (TPSA) is 93.0 Å². The van der Waals surface area contributed by atoms with Crippen molar-refractivity contribution in [3.8, 4) is 0 Å². The highest BCUT2D eigenvalue weighted by atomic mass is 32.2. The lowest BCUT2D eigenvalue weighted by Crippen LogP contribution is -2.49. The van der Waals surface area contributed by atoms with Crippen LogP contribution in [-0.4, -0.2) is 57.9 Å². The average molecular weight is 342 g/mol. The first-order valence-corrected chi connectivity index (χ1v) is 9.99. The highest BCUT2D eigenvalue weighted by molar-refractivity contribution is 7.90. The van der Waals surface area contributed by atoms with Gasteiger partial charge in [0.1, 0.15) is 0 Å². The maximum absolute atomic E-state index is 12.7. The van der Waals surface area contributed by atoms with Gasteiger partial charge >= 0.3 is 0 Å². The molecule has 1 aromatic rings. The Bertz CT molecular complexity index is 625. The second-order valence-corrected chi connectivity index (χ2v) is 8.73. The molecule has 2 aliphatic rings. The van der Waals surface area contributed by atoms with Crippen LogP contribution in [0, 0.1) is 0 Å². The molecule has 0 amide bonds. The minimum atomic E-state index is -3.26. The molecule has 1 aliphatic carbocycles. The average Bonchev–Trinajstić information content (AvgIpc) is 3.18. The van der Waals surface area contributed by atoms with Crippen molar-refractivity contribution in [3.63, 3.8) is 0 Å². The van der Waals surface area contributed by atoms with Crippen LogP contribution in [-0.2, 0) is 17.1 Å². The van der Waals surface area contributed by atoms with E-state index in [9.17, 15) is 8.42 Å². The number of piperidine rings is 1. The fourth-order valence-corrected chi connectivity index (χ4v) is 5.45. The Hall–Kier alpha value is -1.06. The number of nitrogens with one attached hydrogen (secondary N) is 1. The van der Waals surface area contributed by atoms with Gasteiger partial charge in [-0.2, -0.15) is 0 Å². The number of sulfonamides is 1. The molecule has 2 atom stereocenters. The molecule has 23 heavy (non-hydrogen) atoms. The third kappa shape index (κ3) is 3.72. The zero-order valence-electron chi connectivity index (χ0n) is 13.8. The Balaban J connectivity index is 1.66. The van der Waals surface area contributed by atoms with Crippen molar-refractivity contribution in [1.29, 1.82) is 0 Å². The molecule has 1 saturated heterocycles. The van der Waals surface area contributed by atoms with Gasteiger partial charge in [-0.3, -0.25) is 4.90 Å². The number of aromatic nitrogens is 4. The van der Waals surface area contributed by atoms with Crippen LogP contribution in [0.2, 0.25) is 0 Å². The minimum Gasteiger partial charge on any atom is -0.292 e. The second-order valence-electron chi connectivity index (χ2n) is 6.74. The Morgan fingerprint density at radius 2 is 1.96 bits per heavy atom. The maximum Gasteiger partial charge on any atom is 0.215 e. The molecule has 1 N–H and O–H groups in total. The van der Waals surface area contributed by atoms with E-state index >= 15 is 0 Å². The molecular weight excluding hydrogens is 316 g/mol. The molecule has 8 nitrogen and oxygen atoms in total. The second kappa shape index (κ2) is 6.82. The lowest BCUT2D eigenvalue weighted by molar-refractivity contribution is 0.167. The van der Waals surface area contributed by atoms with Crippen LogP contribution in [0.3, 0.4) is 0 Å². The van der Waals surface area contributed by atoms with Crippen LogP contribution >= 0.6 is 0 Å². The van der Waals surface area contributed by atoms with Gasteiger partial charge in [-0.25, -0.2) is 17.8 Å². The summed E-state index contributed by atoms with van der Waals surface area (Å²) in [5.74, 6) is 0.770. The van der Waals surface area contributed by atoms with Crippen molar-refractivity contribution in [1.82, 2.24) is 29.8 Å². The van der Waals surface area contributed by atoms with E-state index in [0.29, 0.717) is 6.54 Å². The quantitative estimate of drug-likeness (QED) is 0.842. The van der Waals surface area contributed by atoms with E-state index in [1.165, 1.54) is 0 Å². The normalized spacial score (nSPS) is 25.7.